The monoisotopic (exact) mass is 258 g/mol. The van der Waals surface area contributed by atoms with Gasteiger partial charge in [0.25, 0.3) is 9.05 Å². The van der Waals surface area contributed by atoms with Crippen molar-refractivity contribution in [3.63, 3.8) is 0 Å². The van der Waals surface area contributed by atoms with Crippen LogP contribution in [0.1, 0.15) is 0 Å². The fourth-order valence-electron chi connectivity index (χ4n) is 0.962. The molecule has 0 fully saturated rings. The maximum Gasteiger partial charge on any atom is 0.263 e. The Morgan fingerprint density at radius 2 is 1.75 bits per heavy atom. The minimum Gasteiger partial charge on any atom is -0.211 e. The van der Waals surface area contributed by atoms with Crippen LogP contribution in [0.5, 0.6) is 0 Å². The third kappa shape index (κ3) is 2.85. The highest BCUT2D eigenvalue weighted by atomic mass is 35.7. The van der Waals surface area contributed by atoms with Crippen LogP contribution in [-0.4, -0.2) is 20.6 Å². The van der Waals surface area contributed by atoms with Crippen LogP contribution in [0.4, 0.5) is 11.4 Å². The molecule has 0 saturated heterocycles. The van der Waals surface area contributed by atoms with Gasteiger partial charge in [-0.15, -0.1) is 0 Å². The zero-order valence-electron chi connectivity index (χ0n) is 7.55. The molecule has 1 aromatic carbocycles. The van der Waals surface area contributed by atoms with Crippen LogP contribution in [0, 0.1) is 0 Å². The van der Waals surface area contributed by atoms with Gasteiger partial charge in [0, 0.05) is 10.7 Å². The van der Waals surface area contributed by atoms with Gasteiger partial charge in [0.05, 0.1) is 11.4 Å². The van der Waals surface area contributed by atoms with Crippen molar-refractivity contribution in [1.29, 1.82) is 0 Å². The number of carbonyl (C=O) groups excluding carboxylic acids is 2. The molecule has 0 aromatic heterocycles. The Kier molecular flexibility index (Phi) is 3.71. The number of rotatable bonds is 3. The van der Waals surface area contributed by atoms with Crippen molar-refractivity contribution in [2.24, 2.45) is 9.98 Å². The van der Waals surface area contributed by atoms with Gasteiger partial charge in [-0.2, -0.15) is 9.98 Å². The summed E-state index contributed by atoms with van der Waals surface area (Å²) in [6.45, 7) is 0. The van der Waals surface area contributed by atoms with Crippen molar-refractivity contribution < 1.29 is 18.0 Å². The van der Waals surface area contributed by atoms with Crippen molar-refractivity contribution in [3.8, 4) is 0 Å². The topological polar surface area (TPSA) is 93.0 Å². The van der Waals surface area contributed by atoms with Crippen LogP contribution in [0.15, 0.2) is 33.1 Å². The molecule has 0 aliphatic rings. The van der Waals surface area contributed by atoms with Crippen LogP contribution in [0.2, 0.25) is 0 Å². The second kappa shape index (κ2) is 4.83. The molecule has 8 heteroatoms. The first-order valence-electron chi connectivity index (χ1n) is 3.73. The fourth-order valence-corrected chi connectivity index (χ4v) is 1.96. The summed E-state index contributed by atoms with van der Waals surface area (Å²) < 4.78 is 22.2. The summed E-state index contributed by atoms with van der Waals surface area (Å²) >= 11 is 0. The van der Waals surface area contributed by atoms with E-state index in [0.717, 1.165) is 6.07 Å². The molecule has 6 nitrogen and oxygen atoms in total. The smallest absolute Gasteiger partial charge is 0.211 e. The highest BCUT2D eigenvalue weighted by molar-refractivity contribution is 8.13. The SMILES string of the molecule is O=C=Nc1ccc(N=C=O)c(S(=O)(=O)Cl)c1. The lowest BCUT2D eigenvalue weighted by atomic mass is 10.3. The van der Waals surface area contributed by atoms with Crippen LogP contribution in [-0.2, 0) is 18.6 Å². The molecule has 0 amide bonds. The predicted molar refractivity (Wildman–Crippen MR) is 55.0 cm³/mol. The van der Waals surface area contributed by atoms with Crippen molar-refractivity contribution >= 4 is 43.3 Å². The first kappa shape index (κ1) is 12.3. The molecule has 1 aromatic rings. The molecule has 0 aliphatic carbocycles. The lowest BCUT2D eigenvalue weighted by molar-refractivity contribution is 0.564. The minimum absolute atomic E-state index is 0.0408. The third-order valence-electron chi connectivity index (χ3n) is 1.55. The number of hydrogen-bond donors (Lipinski definition) is 0. The standard InChI is InChI=1S/C8H3ClN2O4S/c9-16(14,15)8-3-6(10-4-12)1-2-7(8)11-5-13/h1-3H. The third-order valence-corrected chi connectivity index (χ3v) is 2.90. The van der Waals surface area contributed by atoms with Crippen LogP contribution in [0.25, 0.3) is 0 Å². The average Bonchev–Trinajstić information content (AvgIpc) is 2.19. The summed E-state index contributed by atoms with van der Waals surface area (Å²) in [5, 5.41) is 0. The number of isocyanates is 2. The Labute approximate surface area is 94.7 Å². The molecule has 0 radical (unpaired) electrons. The Balaban J connectivity index is 3.56. The van der Waals surface area contributed by atoms with E-state index in [1.165, 1.54) is 24.3 Å². The van der Waals surface area contributed by atoms with Gasteiger partial charge in [-0.3, -0.25) is 0 Å². The summed E-state index contributed by atoms with van der Waals surface area (Å²) in [4.78, 5) is 26.0. The van der Waals surface area contributed by atoms with E-state index in [9.17, 15) is 18.0 Å². The first-order chi connectivity index (χ1) is 7.49. The summed E-state index contributed by atoms with van der Waals surface area (Å²) in [7, 11) is 1.03. The molecular weight excluding hydrogens is 256 g/mol. The van der Waals surface area contributed by atoms with E-state index in [4.69, 9.17) is 10.7 Å². The Morgan fingerprint density at radius 1 is 1.12 bits per heavy atom. The summed E-state index contributed by atoms with van der Waals surface area (Å²) in [6, 6.07) is 3.46. The minimum atomic E-state index is -4.09. The summed E-state index contributed by atoms with van der Waals surface area (Å²) in [5.41, 5.74) is -0.131. The highest BCUT2D eigenvalue weighted by Gasteiger charge is 2.16. The maximum absolute atomic E-state index is 11.1. The molecule has 0 heterocycles. The normalized spacial score (nSPS) is 10.1. The van der Waals surface area contributed by atoms with Gasteiger partial charge >= 0.3 is 0 Å². The molecular formula is C8H3ClN2O4S. The fraction of sp³-hybridized carbons (Fsp3) is 0. The molecule has 0 bridgehead atoms. The van der Waals surface area contributed by atoms with Gasteiger partial charge in [-0.25, -0.2) is 18.0 Å². The highest BCUT2D eigenvalue weighted by Crippen LogP contribution is 2.30. The molecule has 0 unspecified atom stereocenters. The number of aliphatic imine (C=N–C) groups is 2. The van der Waals surface area contributed by atoms with Gasteiger partial charge < -0.3 is 0 Å². The number of hydrogen-bond acceptors (Lipinski definition) is 6. The molecule has 0 atom stereocenters. The number of benzene rings is 1. The van der Waals surface area contributed by atoms with E-state index in [1.54, 1.807) is 0 Å². The van der Waals surface area contributed by atoms with Crippen LogP contribution >= 0.6 is 10.7 Å². The first-order valence-corrected chi connectivity index (χ1v) is 6.04. The average molecular weight is 259 g/mol. The van der Waals surface area contributed by atoms with Crippen LogP contribution < -0.4 is 0 Å². The van der Waals surface area contributed by atoms with Crippen LogP contribution in [0.3, 0.4) is 0 Å². The summed E-state index contributed by atoms with van der Waals surface area (Å²) in [5.74, 6) is 0. The Morgan fingerprint density at radius 3 is 2.25 bits per heavy atom. The maximum atomic E-state index is 11.1. The molecule has 1 rings (SSSR count). The van der Waals surface area contributed by atoms with E-state index in [0.29, 0.717) is 0 Å². The zero-order valence-corrected chi connectivity index (χ0v) is 9.12. The van der Waals surface area contributed by atoms with E-state index in [-0.39, 0.29) is 11.4 Å². The second-order valence-electron chi connectivity index (χ2n) is 2.50. The summed E-state index contributed by atoms with van der Waals surface area (Å²) in [6.07, 6.45) is 2.44. The largest absolute Gasteiger partial charge is 0.263 e. The van der Waals surface area contributed by atoms with Gasteiger partial charge in [0.1, 0.15) is 4.90 Å². The second-order valence-corrected chi connectivity index (χ2v) is 5.03. The lowest BCUT2D eigenvalue weighted by Crippen LogP contribution is -1.90. The Hall–Kier alpha value is -1.78. The van der Waals surface area contributed by atoms with Crippen molar-refractivity contribution in [2.45, 2.75) is 4.90 Å². The predicted octanol–water partition coefficient (Wildman–Crippen LogP) is 1.55. The van der Waals surface area contributed by atoms with E-state index >= 15 is 0 Å². The molecule has 16 heavy (non-hydrogen) atoms. The van der Waals surface area contributed by atoms with Crippen molar-refractivity contribution in [1.82, 2.24) is 0 Å². The number of halogens is 1. The van der Waals surface area contributed by atoms with Gasteiger partial charge in [0.2, 0.25) is 12.2 Å². The number of nitrogens with zero attached hydrogens (tertiary/aromatic N) is 2. The van der Waals surface area contributed by atoms with Gasteiger partial charge in [-0.1, -0.05) is 0 Å². The molecule has 0 spiro atoms. The molecule has 0 aliphatic heterocycles. The van der Waals surface area contributed by atoms with Crippen molar-refractivity contribution in [2.75, 3.05) is 0 Å². The quantitative estimate of drug-likeness (QED) is 0.467. The van der Waals surface area contributed by atoms with Crippen molar-refractivity contribution in [3.05, 3.63) is 18.2 Å². The lowest BCUT2D eigenvalue weighted by Gasteiger charge is -2.00. The van der Waals surface area contributed by atoms with Gasteiger partial charge in [0.15, 0.2) is 0 Å². The van der Waals surface area contributed by atoms with E-state index in [1.807, 2.05) is 0 Å². The molecule has 82 valence electrons. The molecule has 0 saturated carbocycles. The Bertz CT molecular complexity index is 613. The van der Waals surface area contributed by atoms with E-state index in [2.05, 4.69) is 9.98 Å². The zero-order chi connectivity index (χ0) is 12.2. The van der Waals surface area contributed by atoms with E-state index < -0.39 is 13.9 Å². The molecule has 0 N–H and O–H groups in total. The van der Waals surface area contributed by atoms with Gasteiger partial charge in [-0.05, 0) is 18.2 Å².